The molecule has 2 rings (SSSR count). The van der Waals surface area contributed by atoms with Crippen molar-refractivity contribution in [2.75, 3.05) is 13.7 Å². The summed E-state index contributed by atoms with van der Waals surface area (Å²) in [7, 11) is 1.42. The zero-order valence-corrected chi connectivity index (χ0v) is 10.6. The van der Waals surface area contributed by atoms with E-state index in [1.807, 2.05) is 0 Å². The number of alkyl halides is 1. The van der Waals surface area contributed by atoms with Crippen LogP contribution < -0.4 is 10.5 Å². The SMILES string of the molecule is COc1ccc(F)cc1C(F)(CN)c1ccccc1. The molecule has 19 heavy (non-hydrogen) atoms. The fourth-order valence-corrected chi connectivity index (χ4v) is 2.08. The summed E-state index contributed by atoms with van der Waals surface area (Å²) in [6, 6.07) is 12.2. The highest BCUT2D eigenvalue weighted by Crippen LogP contribution is 2.38. The molecule has 0 aliphatic carbocycles. The summed E-state index contributed by atoms with van der Waals surface area (Å²) < 4.78 is 33.8. The van der Waals surface area contributed by atoms with Gasteiger partial charge in [-0.05, 0) is 23.8 Å². The molecule has 2 aromatic rings. The number of rotatable bonds is 4. The van der Waals surface area contributed by atoms with E-state index in [2.05, 4.69) is 0 Å². The van der Waals surface area contributed by atoms with Crippen LogP contribution in [0.3, 0.4) is 0 Å². The molecule has 0 amide bonds. The molecule has 0 radical (unpaired) electrons. The molecule has 1 unspecified atom stereocenters. The van der Waals surface area contributed by atoms with Crippen molar-refractivity contribution in [3.63, 3.8) is 0 Å². The van der Waals surface area contributed by atoms with Crippen molar-refractivity contribution in [2.24, 2.45) is 5.73 Å². The number of ether oxygens (including phenoxy) is 1. The Morgan fingerprint density at radius 1 is 1.16 bits per heavy atom. The standard InChI is InChI=1S/C15H15F2NO/c1-19-14-8-7-12(16)9-13(14)15(17,10-18)11-5-3-2-4-6-11/h2-9H,10,18H2,1H3. The summed E-state index contributed by atoms with van der Waals surface area (Å²) in [5.41, 5.74) is 4.09. The van der Waals surface area contributed by atoms with E-state index in [-0.39, 0.29) is 17.9 Å². The summed E-state index contributed by atoms with van der Waals surface area (Å²) in [6.45, 7) is -0.295. The van der Waals surface area contributed by atoms with Crippen LogP contribution >= 0.6 is 0 Å². The van der Waals surface area contributed by atoms with Gasteiger partial charge in [0, 0.05) is 12.1 Å². The van der Waals surface area contributed by atoms with E-state index in [0.717, 1.165) is 6.07 Å². The zero-order valence-electron chi connectivity index (χ0n) is 10.6. The van der Waals surface area contributed by atoms with E-state index in [4.69, 9.17) is 10.5 Å². The highest BCUT2D eigenvalue weighted by molar-refractivity contribution is 5.45. The number of hydrogen-bond acceptors (Lipinski definition) is 2. The quantitative estimate of drug-likeness (QED) is 0.920. The van der Waals surface area contributed by atoms with Crippen molar-refractivity contribution in [3.8, 4) is 5.75 Å². The third kappa shape index (κ3) is 2.44. The monoisotopic (exact) mass is 263 g/mol. The largest absolute Gasteiger partial charge is 0.496 e. The third-order valence-corrected chi connectivity index (χ3v) is 3.10. The van der Waals surface area contributed by atoms with Crippen molar-refractivity contribution in [2.45, 2.75) is 5.67 Å². The number of halogens is 2. The van der Waals surface area contributed by atoms with E-state index >= 15 is 4.39 Å². The minimum absolute atomic E-state index is 0.101. The molecule has 0 aliphatic heterocycles. The molecule has 4 heteroatoms. The maximum atomic E-state index is 15.2. The second kappa shape index (κ2) is 5.36. The van der Waals surface area contributed by atoms with Crippen LogP contribution in [0.25, 0.3) is 0 Å². The van der Waals surface area contributed by atoms with Crippen molar-refractivity contribution >= 4 is 0 Å². The second-order valence-electron chi connectivity index (χ2n) is 4.22. The van der Waals surface area contributed by atoms with Gasteiger partial charge in [-0.1, -0.05) is 30.3 Å². The van der Waals surface area contributed by atoms with Crippen LogP contribution in [-0.2, 0) is 5.67 Å². The first-order valence-corrected chi connectivity index (χ1v) is 5.90. The lowest BCUT2D eigenvalue weighted by atomic mass is 9.87. The van der Waals surface area contributed by atoms with E-state index in [0.29, 0.717) is 5.56 Å². The highest BCUT2D eigenvalue weighted by atomic mass is 19.1. The minimum atomic E-state index is -1.98. The van der Waals surface area contributed by atoms with Crippen molar-refractivity contribution in [1.29, 1.82) is 0 Å². The van der Waals surface area contributed by atoms with Gasteiger partial charge in [-0.25, -0.2) is 8.78 Å². The molecule has 2 N–H and O–H groups in total. The van der Waals surface area contributed by atoms with Gasteiger partial charge in [0.15, 0.2) is 5.67 Å². The van der Waals surface area contributed by atoms with Gasteiger partial charge in [0.05, 0.1) is 7.11 Å². The summed E-state index contributed by atoms with van der Waals surface area (Å²) in [4.78, 5) is 0. The molecule has 0 bridgehead atoms. The Hall–Kier alpha value is -1.94. The average molecular weight is 263 g/mol. The molecule has 0 aliphatic rings. The van der Waals surface area contributed by atoms with Gasteiger partial charge < -0.3 is 10.5 Å². The molecule has 0 saturated carbocycles. The topological polar surface area (TPSA) is 35.2 Å². The highest BCUT2D eigenvalue weighted by Gasteiger charge is 2.35. The molecule has 0 aromatic heterocycles. The number of benzene rings is 2. The normalized spacial score (nSPS) is 13.9. The molecular formula is C15H15F2NO. The van der Waals surface area contributed by atoms with E-state index in [1.54, 1.807) is 30.3 Å². The predicted molar refractivity (Wildman–Crippen MR) is 70.3 cm³/mol. The van der Waals surface area contributed by atoms with Crippen molar-refractivity contribution < 1.29 is 13.5 Å². The van der Waals surface area contributed by atoms with Crippen molar-refractivity contribution in [3.05, 3.63) is 65.5 Å². The number of nitrogens with two attached hydrogens (primary N) is 1. The van der Waals surface area contributed by atoms with Crippen molar-refractivity contribution in [1.82, 2.24) is 0 Å². The Labute approximate surface area is 110 Å². The van der Waals surface area contributed by atoms with Gasteiger partial charge in [-0.2, -0.15) is 0 Å². The fourth-order valence-electron chi connectivity index (χ4n) is 2.08. The first-order chi connectivity index (χ1) is 9.11. The molecule has 0 heterocycles. The lowest BCUT2D eigenvalue weighted by Gasteiger charge is -2.26. The zero-order chi connectivity index (χ0) is 13.9. The number of hydrogen-bond donors (Lipinski definition) is 1. The maximum absolute atomic E-state index is 15.2. The van der Waals surface area contributed by atoms with Crippen LogP contribution in [0.4, 0.5) is 8.78 Å². The Balaban J connectivity index is 2.62. The molecule has 2 nitrogen and oxygen atoms in total. The van der Waals surface area contributed by atoms with E-state index in [1.165, 1.54) is 19.2 Å². The summed E-state index contributed by atoms with van der Waals surface area (Å²) in [5.74, 6) is -0.250. The Morgan fingerprint density at radius 3 is 2.42 bits per heavy atom. The Bertz CT molecular complexity index is 559. The van der Waals surface area contributed by atoms with Crippen LogP contribution in [0.5, 0.6) is 5.75 Å². The van der Waals surface area contributed by atoms with Gasteiger partial charge in [-0.15, -0.1) is 0 Å². The third-order valence-electron chi connectivity index (χ3n) is 3.10. The summed E-state index contributed by atoms with van der Waals surface area (Å²) in [6.07, 6.45) is 0. The van der Waals surface area contributed by atoms with Gasteiger partial charge in [0.25, 0.3) is 0 Å². The predicted octanol–water partition coefficient (Wildman–Crippen LogP) is 3.01. The lowest BCUT2D eigenvalue weighted by Crippen LogP contribution is -2.32. The first kappa shape index (κ1) is 13.5. The van der Waals surface area contributed by atoms with Crippen LogP contribution in [0.1, 0.15) is 11.1 Å². The summed E-state index contributed by atoms with van der Waals surface area (Å²) in [5, 5.41) is 0. The maximum Gasteiger partial charge on any atom is 0.176 e. The van der Waals surface area contributed by atoms with E-state index < -0.39 is 11.5 Å². The molecule has 100 valence electrons. The molecule has 1 atom stereocenters. The van der Waals surface area contributed by atoms with Crippen LogP contribution in [-0.4, -0.2) is 13.7 Å². The smallest absolute Gasteiger partial charge is 0.176 e. The average Bonchev–Trinajstić information content (AvgIpc) is 2.47. The minimum Gasteiger partial charge on any atom is -0.496 e. The number of methoxy groups -OCH3 is 1. The lowest BCUT2D eigenvalue weighted by molar-refractivity contribution is 0.223. The van der Waals surface area contributed by atoms with Crippen LogP contribution in [0.15, 0.2) is 48.5 Å². The molecule has 0 fully saturated rings. The molecule has 2 aromatic carbocycles. The molecule has 0 spiro atoms. The molecule has 0 saturated heterocycles. The van der Waals surface area contributed by atoms with Gasteiger partial charge in [-0.3, -0.25) is 0 Å². The van der Waals surface area contributed by atoms with Gasteiger partial charge in [0.2, 0.25) is 0 Å². The van der Waals surface area contributed by atoms with Gasteiger partial charge >= 0.3 is 0 Å². The Morgan fingerprint density at radius 2 is 1.84 bits per heavy atom. The van der Waals surface area contributed by atoms with Gasteiger partial charge in [0.1, 0.15) is 11.6 Å². The first-order valence-electron chi connectivity index (χ1n) is 5.90. The second-order valence-corrected chi connectivity index (χ2v) is 4.22. The molecular weight excluding hydrogens is 248 g/mol. The fraction of sp³-hybridized carbons (Fsp3) is 0.200. The van der Waals surface area contributed by atoms with Crippen LogP contribution in [0.2, 0.25) is 0 Å². The summed E-state index contributed by atoms with van der Waals surface area (Å²) >= 11 is 0. The van der Waals surface area contributed by atoms with Crippen LogP contribution in [0, 0.1) is 5.82 Å². The van der Waals surface area contributed by atoms with E-state index in [9.17, 15) is 4.39 Å². The Kier molecular flexibility index (Phi) is 3.81.